The summed E-state index contributed by atoms with van der Waals surface area (Å²) in [7, 11) is 0. The Balaban J connectivity index is 1.75. The standard InChI is InChI=1S/C16H18N2O4S/c1-2-21-15(20)12-4-6-14(7-5-12)22-10-13(19)11-23-16-17-8-3-9-18-16/h3-9,13,19H,2,10-11H2,1H3/t13-/m1/s1. The van der Waals surface area contributed by atoms with Gasteiger partial charge in [-0.3, -0.25) is 0 Å². The molecule has 0 fully saturated rings. The molecule has 0 aliphatic heterocycles. The molecule has 23 heavy (non-hydrogen) atoms. The zero-order chi connectivity index (χ0) is 16.5. The van der Waals surface area contributed by atoms with E-state index in [-0.39, 0.29) is 12.6 Å². The molecule has 1 aromatic carbocycles. The lowest BCUT2D eigenvalue weighted by atomic mass is 10.2. The van der Waals surface area contributed by atoms with Gasteiger partial charge in [-0.2, -0.15) is 0 Å². The second-order valence-corrected chi connectivity index (χ2v) is 5.54. The monoisotopic (exact) mass is 334 g/mol. The number of aliphatic hydroxyl groups excluding tert-OH is 1. The summed E-state index contributed by atoms with van der Waals surface area (Å²) in [6.45, 7) is 2.25. The lowest BCUT2D eigenvalue weighted by Gasteiger charge is -2.12. The molecule has 0 aliphatic carbocycles. The average molecular weight is 334 g/mol. The summed E-state index contributed by atoms with van der Waals surface area (Å²) >= 11 is 1.36. The van der Waals surface area contributed by atoms with E-state index in [2.05, 4.69) is 9.97 Å². The Hall–Kier alpha value is -2.12. The highest BCUT2D eigenvalue weighted by Gasteiger charge is 2.09. The molecule has 0 saturated carbocycles. The first kappa shape index (κ1) is 17.2. The van der Waals surface area contributed by atoms with Gasteiger partial charge in [0.15, 0.2) is 5.16 Å². The third kappa shape index (κ3) is 5.88. The Morgan fingerprint density at radius 2 is 1.96 bits per heavy atom. The molecular formula is C16H18N2O4S. The highest BCUT2D eigenvalue weighted by atomic mass is 32.2. The van der Waals surface area contributed by atoms with E-state index in [0.717, 1.165) is 0 Å². The smallest absolute Gasteiger partial charge is 0.338 e. The number of hydrogen-bond donors (Lipinski definition) is 1. The molecule has 2 aromatic rings. The molecule has 1 aromatic heterocycles. The molecule has 1 atom stereocenters. The van der Waals surface area contributed by atoms with Crippen LogP contribution in [0.4, 0.5) is 0 Å². The number of benzene rings is 1. The average Bonchev–Trinajstić information content (AvgIpc) is 2.59. The van der Waals surface area contributed by atoms with Crippen LogP contribution in [0, 0.1) is 0 Å². The van der Waals surface area contributed by atoms with Crippen LogP contribution in [0.1, 0.15) is 17.3 Å². The molecule has 6 nitrogen and oxygen atoms in total. The maximum absolute atomic E-state index is 11.5. The minimum atomic E-state index is -0.645. The van der Waals surface area contributed by atoms with Gasteiger partial charge in [-0.15, -0.1) is 0 Å². The van der Waals surface area contributed by atoms with Crippen molar-refractivity contribution in [3.63, 3.8) is 0 Å². The number of carbonyl (C=O) groups is 1. The molecule has 122 valence electrons. The Morgan fingerprint density at radius 1 is 1.26 bits per heavy atom. The second kappa shape index (κ2) is 9.12. The lowest BCUT2D eigenvalue weighted by Crippen LogP contribution is -2.20. The van der Waals surface area contributed by atoms with Crippen LogP contribution in [-0.4, -0.2) is 46.1 Å². The minimum absolute atomic E-state index is 0.151. The number of aliphatic hydroxyl groups is 1. The number of rotatable bonds is 8. The van der Waals surface area contributed by atoms with Gasteiger partial charge in [-0.05, 0) is 37.3 Å². The highest BCUT2D eigenvalue weighted by molar-refractivity contribution is 7.99. The molecular weight excluding hydrogens is 316 g/mol. The predicted molar refractivity (Wildman–Crippen MR) is 86.7 cm³/mol. The van der Waals surface area contributed by atoms with Gasteiger partial charge in [0, 0.05) is 18.1 Å². The van der Waals surface area contributed by atoms with Crippen LogP contribution in [0.5, 0.6) is 5.75 Å². The minimum Gasteiger partial charge on any atom is -0.491 e. The summed E-state index contributed by atoms with van der Waals surface area (Å²) in [5, 5.41) is 10.5. The molecule has 0 spiro atoms. The van der Waals surface area contributed by atoms with E-state index < -0.39 is 6.10 Å². The maximum atomic E-state index is 11.5. The van der Waals surface area contributed by atoms with Gasteiger partial charge in [-0.25, -0.2) is 14.8 Å². The Labute approximate surface area is 138 Å². The Bertz CT molecular complexity index is 607. The summed E-state index contributed by atoms with van der Waals surface area (Å²) in [4.78, 5) is 19.7. The number of carbonyl (C=O) groups excluding carboxylic acids is 1. The van der Waals surface area contributed by atoms with Crippen molar-refractivity contribution in [2.24, 2.45) is 0 Å². The van der Waals surface area contributed by atoms with Crippen molar-refractivity contribution in [2.75, 3.05) is 19.0 Å². The van der Waals surface area contributed by atoms with Crippen molar-refractivity contribution in [3.8, 4) is 5.75 Å². The predicted octanol–water partition coefficient (Wildman–Crippen LogP) is 2.19. The van der Waals surface area contributed by atoms with Gasteiger partial charge in [0.05, 0.1) is 18.3 Å². The normalized spacial score (nSPS) is 11.7. The number of aromatic nitrogens is 2. The number of thioether (sulfide) groups is 1. The molecule has 0 bridgehead atoms. The molecule has 0 unspecified atom stereocenters. The van der Waals surface area contributed by atoms with Gasteiger partial charge < -0.3 is 14.6 Å². The number of esters is 1. The van der Waals surface area contributed by atoms with Crippen LogP contribution < -0.4 is 4.74 Å². The largest absolute Gasteiger partial charge is 0.491 e. The van der Waals surface area contributed by atoms with Crippen LogP contribution in [0.3, 0.4) is 0 Å². The number of nitrogens with zero attached hydrogens (tertiary/aromatic N) is 2. The zero-order valence-corrected chi connectivity index (χ0v) is 13.5. The van der Waals surface area contributed by atoms with E-state index >= 15 is 0 Å². The molecule has 0 aliphatic rings. The molecule has 1 N–H and O–H groups in total. The van der Waals surface area contributed by atoms with Crippen LogP contribution >= 0.6 is 11.8 Å². The molecule has 1 heterocycles. The van der Waals surface area contributed by atoms with Gasteiger partial charge in [-0.1, -0.05) is 11.8 Å². The molecule has 7 heteroatoms. The van der Waals surface area contributed by atoms with Crippen LogP contribution in [-0.2, 0) is 4.74 Å². The van der Waals surface area contributed by atoms with Crippen LogP contribution in [0.15, 0.2) is 47.9 Å². The molecule has 0 saturated heterocycles. The van der Waals surface area contributed by atoms with E-state index in [9.17, 15) is 9.90 Å². The van der Waals surface area contributed by atoms with Crippen molar-refractivity contribution in [1.29, 1.82) is 0 Å². The van der Waals surface area contributed by atoms with E-state index in [0.29, 0.717) is 28.8 Å². The molecule has 0 amide bonds. The zero-order valence-electron chi connectivity index (χ0n) is 12.7. The molecule has 2 rings (SSSR count). The van der Waals surface area contributed by atoms with Crippen molar-refractivity contribution < 1.29 is 19.4 Å². The summed E-state index contributed by atoms with van der Waals surface area (Å²) in [6.07, 6.45) is 2.67. The third-order valence-corrected chi connectivity index (χ3v) is 3.78. The van der Waals surface area contributed by atoms with E-state index in [4.69, 9.17) is 9.47 Å². The number of ether oxygens (including phenoxy) is 2. The van der Waals surface area contributed by atoms with Gasteiger partial charge in [0.2, 0.25) is 0 Å². The SMILES string of the molecule is CCOC(=O)c1ccc(OC[C@@H](O)CSc2ncccn2)cc1. The molecule has 0 radical (unpaired) electrons. The first-order chi connectivity index (χ1) is 11.2. The lowest BCUT2D eigenvalue weighted by molar-refractivity contribution is 0.0526. The first-order valence-electron chi connectivity index (χ1n) is 7.17. The van der Waals surface area contributed by atoms with Gasteiger partial charge in [0.1, 0.15) is 12.4 Å². The van der Waals surface area contributed by atoms with E-state index in [1.807, 2.05) is 0 Å². The Kier molecular flexibility index (Phi) is 6.83. The fourth-order valence-corrected chi connectivity index (χ4v) is 2.38. The quantitative estimate of drug-likeness (QED) is 0.450. The second-order valence-electron chi connectivity index (χ2n) is 4.55. The fourth-order valence-electron chi connectivity index (χ4n) is 1.67. The van der Waals surface area contributed by atoms with Crippen molar-refractivity contribution in [3.05, 3.63) is 48.3 Å². The summed E-state index contributed by atoms with van der Waals surface area (Å²) in [6, 6.07) is 8.35. The van der Waals surface area contributed by atoms with E-state index in [1.165, 1.54) is 11.8 Å². The van der Waals surface area contributed by atoms with Crippen molar-refractivity contribution in [1.82, 2.24) is 9.97 Å². The summed E-state index contributed by atoms with van der Waals surface area (Å²) in [5.41, 5.74) is 0.469. The van der Waals surface area contributed by atoms with Gasteiger partial charge >= 0.3 is 5.97 Å². The maximum Gasteiger partial charge on any atom is 0.338 e. The summed E-state index contributed by atoms with van der Waals surface area (Å²) < 4.78 is 10.4. The Morgan fingerprint density at radius 3 is 2.61 bits per heavy atom. The van der Waals surface area contributed by atoms with Crippen LogP contribution in [0.2, 0.25) is 0 Å². The topological polar surface area (TPSA) is 81.5 Å². The van der Waals surface area contributed by atoms with Crippen LogP contribution in [0.25, 0.3) is 0 Å². The third-order valence-electron chi connectivity index (χ3n) is 2.75. The van der Waals surface area contributed by atoms with E-state index in [1.54, 1.807) is 49.6 Å². The number of hydrogen-bond acceptors (Lipinski definition) is 7. The highest BCUT2D eigenvalue weighted by Crippen LogP contribution is 2.15. The fraction of sp³-hybridized carbons (Fsp3) is 0.312. The van der Waals surface area contributed by atoms with Crippen molar-refractivity contribution >= 4 is 17.7 Å². The van der Waals surface area contributed by atoms with Crippen molar-refractivity contribution in [2.45, 2.75) is 18.2 Å². The first-order valence-corrected chi connectivity index (χ1v) is 8.15. The summed E-state index contributed by atoms with van der Waals surface area (Å²) in [5.74, 6) is 0.654. The van der Waals surface area contributed by atoms with Gasteiger partial charge in [0.25, 0.3) is 0 Å².